The molecule has 2 rings (SSSR count). The lowest BCUT2D eigenvalue weighted by Gasteiger charge is -2.35. The Morgan fingerprint density at radius 3 is 2.48 bits per heavy atom. The summed E-state index contributed by atoms with van der Waals surface area (Å²) < 4.78 is 0. The van der Waals surface area contributed by atoms with E-state index in [1.54, 1.807) is 26.0 Å². The highest BCUT2D eigenvalue weighted by atomic mass is 35.5. The van der Waals surface area contributed by atoms with Gasteiger partial charge in [0.15, 0.2) is 0 Å². The molecule has 2 amide bonds. The fourth-order valence-electron chi connectivity index (χ4n) is 2.71. The minimum Gasteiger partial charge on any atom is -0.342 e. The number of piperidine rings is 1. The average molecular weight is 337 g/mol. The lowest BCUT2D eigenvalue weighted by Crippen LogP contribution is -2.49. The first-order valence-corrected chi connectivity index (χ1v) is 8.46. The summed E-state index contributed by atoms with van der Waals surface area (Å²) in [6, 6.07) is 5.33. The van der Waals surface area contributed by atoms with E-state index in [1.165, 1.54) is 0 Å². The summed E-state index contributed by atoms with van der Waals surface area (Å²) in [6.45, 7) is 8.92. The number of hydrogen-bond donors (Lipinski definition) is 1. The Morgan fingerprint density at radius 2 is 1.87 bits per heavy atom. The molecule has 23 heavy (non-hydrogen) atoms. The van der Waals surface area contributed by atoms with Crippen molar-refractivity contribution >= 4 is 29.1 Å². The van der Waals surface area contributed by atoms with Gasteiger partial charge in [-0.1, -0.05) is 24.6 Å². The second kappa shape index (κ2) is 6.91. The Morgan fingerprint density at radius 1 is 1.26 bits per heavy atom. The molecule has 4 nitrogen and oxygen atoms in total. The normalized spacial score (nSPS) is 16.3. The molecule has 5 heteroatoms. The highest BCUT2D eigenvalue weighted by Crippen LogP contribution is 2.27. The summed E-state index contributed by atoms with van der Waals surface area (Å²) in [6.07, 6.45) is 1.99. The highest BCUT2D eigenvalue weighted by molar-refractivity contribution is 6.31. The monoisotopic (exact) mass is 336 g/mol. The van der Waals surface area contributed by atoms with Gasteiger partial charge in [0.2, 0.25) is 11.8 Å². The number of nitrogens with one attached hydrogen (secondary N) is 1. The van der Waals surface area contributed by atoms with Crippen molar-refractivity contribution in [3.8, 4) is 0 Å². The number of halogens is 1. The molecule has 0 aliphatic carbocycles. The van der Waals surface area contributed by atoms with Crippen LogP contribution in [0.4, 0.5) is 5.69 Å². The maximum Gasteiger partial charge on any atom is 0.239 e. The maximum absolute atomic E-state index is 12.7. The molecule has 1 N–H and O–H groups in total. The molecule has 1 aromatic carbocycles. The van der Waals surface area contributed by atoms with E-state index in [9.17, 15) is 9.59 Å². The van der Waals surface area contributed by atoms with Crippen molar-refractivity contribution in [3.05, 3.63) is 28.8 Å². The Hall–Kier alpha value is -1.55. The van der Waals surface area contributed by atoms with Crippen molar-refractivity contribution in [1.29, 1.82) is 0 Å². The van der Waals surface area contributed by atoms with Crippen LogP contribution in [0.5, 0.6) is 0 Å². The van der Waals surface area contributed by atoms with Crippen LogP contribution in [-0.2, 0) is 9.59 Å². The Kier molecular flexibility index (Phi) is 5.35. The zero-order valence-electron chi connectivity index (χ0n) is 14.3. The van der Waals surface area contributed by atoms with Gasteiger partial charge in [-0.2, -0.15) is 0 Å². The zero-order chi connectivity index (χ0) is 17.2. The van der Waals surface area contributed by atoms with E-state index in [0.717, 1.165) is 31.5 Å². The van der Waals surface area contributed by atoms with Gasteiger partial charge in [-0.05, 0) is 57.2 Å². The lowest BCUT2D eigenvalue weighted by atomic mass is 9.88. The van der Waals surface area contributed by atoms with Crippen molar-refractivity contribution in [2.45, 2.75) is 40.5 Å². The van der Waals surface area contributed by atoms with Crippen LogP contribution in [0.25, 0.3) is 0 Å². The quantitative estimate of drug-likeness (QED) is 0.852. The molecular formula is C18H25ClN2O2. The number of carbonyl (C=O) groups excluding carboxylic acids is 2. The standard InChI is InChI=1S/C18H25ClN2O2/c1-12-7-9-21(10-8-12)17(23)18(3,4)16(22)20-15-11-14(19)6-5-13(15)2/h5-6,11-12H,7-10H2,1-4H3,(H,20,22). The van der Waals surface area contributed by atoms with Crippen LogP contribution in [0, 0.1) is 18.3 Å². The number of nitrogens with zero attached hydrogens (tertiary/aromatic N) is 1. The fraction of sp³-hybridized carbons (Fsp3) is 0.556. The molecule has 0 spiro atoms. The molecular weight excluding hydrogens is 312 g/mol. The first kappa shape index (κ1) is 17.8. The van der Waals surface area contributed by atoms with E-state index in [4.69, 9.17) is 11.6 Å². The predicted molar refractivity (Wildman–Crippen MR) is 93.6 cm³/mol. The summed E-state index contributed by atoms with van der Waals surface area (Å²) in [5.41, 5.74) is 0.462. The Balaban J connectivity index is 2.10. The number of aryl methyl sites for hydroxylation is 1. The summed E-state index contributed by atoms with van der Waals surface area (Å²) in [7, 11) is 0. The van der Waals surface area contributed by atoms with E-state index in [2.05, 4.69) is 12.2 Å². The molecule has 0 aromatic heterocycles. The minimum absolute atomic E-state index is 0.110. The van der Waals surface area contributed by atoms with Crippen LogP contribution in [0.15, 0.2) is 18.2 Å². The first-order valence-electron chi connectivity index (χ1n) is 8.09. The number of likely N-dealkylation sites (tertiary alicyclic amines) is 1. The van der Waals surface area contributed by atoms with Crippen LogP contribution in [0.3, 0.4) is 0 Å². The highest BCUT2D eigenvalue weighted by Gasteiger charge is 2.40. The maximum atomic E-state index is 12.7. The molecule has 1 aliphatic heterocycles. The minimum atomic E-state index is -1.10. The molecule has 1 aromatic rings. The summed E-state index contributed by atoms with van der Waals surface area (Å²) in [4.78, 5) is 27.2. The van der Waals surface area contributed by atoms with Crippen LogP contribution in [0.1, 0.15) is 39.2 Å². The first-order chi connectivity index (χ1) is 10.7. The van der Waals surface area contributed by atoms with Gasteiger partial charge in [-0.15, -0.1) is 0 Å². The molecule has 0 atom stereocenters. The van der Waals surface area contributed by atoms with Gasteiger partial charge in [0.05, 0.1) is 0 Å². The summed E-state index contributed by atoms with van der Waals surface area (Å²) >= 11 is 5.99. The fourth-order valence-corrected chi connectivity index (χ4v) is 2.88. The van der Waals surface area contributed by atoms with Gasteiger partial charge in [0.1, 0.15) is 5.41 Å². The summed E-state index contributed by atoms with van der Waals surface area (Å²) in [5.74, 6) is 0.234. The predicted octanol–water partition coefficient (Wildman–Crippen LogP) is 3.87. The van der Waals surface area contributed by atoms with Gasteiger partial charge < -0.3 is 10.2 Å². The van der Waals surface area contributed by atoms with Crippen molar-refractivity contribution < 1.29 is 9.59 Å². The molecule has 0 bridgehead atoms. The van der Waals surface area contributed by atoms with Gasteiger partial charge in [0, 0.05) is 23.8 Å². The average Bonchev–Trinajstić information content (AvgIpc) is 2.50. The largest absolute Gasteiger partial charge is 0.342 e. The molecule has 0 saturated carbocycles. The van der Waals surface area contributed by atoms with Gasteiger partial charge in [-0.25, -0.2) is 0 Å². The molecule has 1 fully saturated rings. The van der Waals surface area contributed by atoms with E-state index in [-0.39, 0.29) is 11.8 Å². The van der Waals surface area contributed by atoms with Crippen LogP contribution in [0.2, 0.25) is 5.02 Å². The van der Waals surface area contributed by atoms with Gasteiger partial charge in [-0.3, -0.25) is 9.59 Å². The third-order valence-corrected chi connectivity index (χ3v) is 4.86. The molecule has 1 aliphatic rings. The van der Waals surface area contributed by atoms with Gasteiger partial charge >= 0.3 is 0 Å². The van der Waals surface area contributed by atoms with Crippen molar-refractivity contribution in [2.24, 2.45) is 11.3 Å². The van der Waals surface area contributed by atoms with Crippen LogP contribution >= 0.6 is 11.6 Å². The molecule has 0 radical (unpaired) electrons. The third kappa shape index (κ3) is 4.05. The van der Waals surface area contributed by atoms with Crippen molar-refractivity contribution in [1.82, 2.24) is 4.90 Å². The van der Waals surface area contributed by atoms with Crippen LogP contribution in [-0.4, -0.2) is 29.8 Å². The number of benzene rings is 1. The van der Waals surface area contributed by atoms with Crippen molar-refractivity contribution in [2.75, 3.05) is 18.4 Å². The number of carbonyl (C=O) groups is 2. The number of hydrogen-bond acceptors (Lipinski definition) is 2. The van der Waals surface area contributed by atoms with Crippen molar-refractivity contribution in [3.63, 3.8) is 0 Å². The SMILES string of the molecule is Cc1ccc(Cl)cc1NC(=O)C(C)(C)C(=O)N1CCC(C)CC1. The topological polar surface area (TPSA) is 49.4 Å². The molecule has 1 heterocycles. The van der Waals surface area contributed by atoms with E-state index in [1.807, 2.05) is 17.9 Å². The van der Waals surface area contributed by atoms with E-state index < -0.39 is 5.41 Å². The lowest BCUT2D eigenvalue weighted by molar-refractivity contribution is -0.147. The smallest absolute Gasteiger partial charge is 0.239 e. The number of rotatable bonds is 3. The third-order valence-electron chi connectivity index (χ3n) is 4.62. The molecule has 0 unspecified atom stereocenters. The van der Waals surface area contributed by atoms with Crippen LogP contribution < -0.4 is 5.32 Å². The summed E-state index contributed by atoms with van der Waals surface area (Å²) in [5, 5.41) is 3.40. The second-order valence-electron chi connectivity index (χ2n) is 7.01. The zero-order valence-corrected chi connectivity index (χ0v) is 15.0. The van der Waals surface area contributed by atoms with Gasteiger partial charge in [0.25, 0.3) is 0 Å². The number of anilines is 1. The molecule has 1 saturated heterocycles. The van der Waals surface area contributed by atoms with E-state index >= 15 is 0 Å². The second-order valence-corrected chi connectivity index (χ2v) is 7.45. The molecule has 126 valence electrons. The van der Waals surface area contributed by atoms with E-state index in [0.29, 0.717) is 16.6 Å². The number of amides is 2. The Labute approximate surface area is 143 Å². The Bertz CT molecular complexity index is 605.